The molecule has 3 nitrogen and oxygen atoms in total. The van der Waals surface area contributed by atoms with Crippen molar-refractivity contribution in [2.45, 2.75) is 60.4 Å². The lowest BCUT2D eigenvalue weighted by molar-refractivity contribution is 0.331. The average Bonchev–Trinajstić information content (AvgIpc) is 3.57. The number of para-hydroxylation sites is 2. The van der Waals surface area contributed by atoms with Gasteiger partial charge in [-0.25, -0.2) is 4.98 Å². The zero-order valence-corrected chi connectivity index (χ0v) is 22.3. The molecular formula is C32H43N3. The van der Waals surface area contributed by atoms with Crippen LogP contribution in [0, 0.1) is 6.92 Å². The molecule has 35 heavy (non-hydrogen) atoms. The zero-order valence-electron chi connectivity index (χ0n) is 22.3. The van der Waals surface area contributed by atoms with Gasteiger partial charge in [-0.3, -0.25) is 4.90 Å². The van der Waals surface area contributed by atoms with E-state index in [-0.39, 0.29) is 0 Å². The molecule has 0 radical (unpaired) electrons. The molecule has 4 aromatic rings. The van der Waals surface area contributed by atoms with Crippen LogP contribution in [0.4, 0.5) is 0 Å². The van der Waals surface area contributed by atoms with Gasteiger partial charge in [0.25, 0.3) is 0 Å². The Morgan fingerprint density at radius 1 is 0.914 bits per heavy atom. The van der Waals surface area contributed by atoms with Crippen LogP contribution in [0.1, 0.15) is 57.2 Å². The summed E-state index contributed by atoms with van der Waals surface area (Å²) in [5, 5.41) is 0. The molecule has 1 N–H and O–H groups in total. The molecule has 2 heterocycles. The first-order valence-corrected chi connectivity index (χ1v) is 13.0. The molecule has 1 aliphatic rings. The minimum absolute atomic E-state index is 0.962. The molecule has 1 aromatic heterocycles. The molecule has 1 fully saturated rings. The predicted octanol–water partition coefficient (Wildman–Crippen LogP) is 8.60. The molecule has 0 atom stereocenters. The molecule has 5 rings (SSSR count). The minimum Gasteiger partial charge on any atom is -0.338 e. The number of nitrogens with zero attached hydrogens (tertiary/aromatic N) is 2. The van der Waals surface area contributed by atoms with E-state index in [2.05, 4.69) is 89.9 Å². The summed E-state index contributed by atoms with van der Waals surface area (Å²) < 4.78 is 0. The van der Waals surface area contributed by atoms with Gasteiger partial charge in [0.2, 0.25) is 0 Å². The smallest absolute Gasteiger partial charge is 0.138 e. The number of aromatic amines is 1. The number of likely N-dealkylation sites (tertiary alicyclic amines) is 1. The molecule has 3 heteroatoms. The van der Waals surface area contributed by atoms with Crippen LogP contribution < -0.4 is 0 Å². The first-order chi connectivity index (χ1) is 17.1. The third kappa shape index (κ3) is 8.84. The summed E-state index contributed by atoms with van der Waals surface area (Å²) in [6.45, 7) is 17.3. The van der Waals surface area contributed by atoms with Crippen molar-refractivity contribution in [3.8, 4) is 11.4 Å². The third-order valence-electron chi connectivity index (χ3n) is 5.77. The van der Waals surface area contributed by atoms with E-state index in [0.29, 0.717) is 0 Å². The SMILES string of the molecule is C=CC.CC.CCc1ccccc1-c1nc2ccccc2[nH]1.Cc1ccc(CN2CCCC2)cc1. The molecule has 1 saturated heterocycles. The summed E-state index contributed by atoms with van der Waals surface area (Å²) in [4.78, 5) is 10.5. The normalized spacial score (nSPS) is 12.5. The van der Waals surface area contributed by atoms with Crippen molar-refractivity contribution in [3.63, 3.8) is 0 Å². The maximum absolute atomic E-state index is 4.64. The number of hydrogen-bond acceptors (Lipinski definition) is 2. The lowest BCUT2D eigenvalue weighted by Gasteiger charge is -2.14. The predicted molar refractivity (Wildman–Crippen MR) is 154 cm³/mol. The van der Waals surface area contributed by atoms with Gasteiger partial charge in [0, 0.05) is 12.1 Å². The van der Waals surface area contributed by atoms with Crippen molar-refractivity contribution >= 4 is 11.0 Å². The number of aromatic nitrogens is 2. The summed E-state index contributed by atoms with van der Waals surface area (Å²) in [5.41, 5.74) is 7.44. The van der Waals surface area contributed by atoms with Crippen LogP contribution in [-0.2, 0) is 13.0 Å². The fraction of sp³-hybridized carbons (Fsp3) is 0.344. The van der Waals surface area contributed by atoms with E-state index in [1.807, 2.05) is 39.0 Å². The van der Waals surface area contributed by atoms with E-state index in [1.165, 1.54) is 48.2 Å². The van der Waals surface area contributed by atoms with E-state index in [0.717, 1.165) is 29.8 Å². The molecule has 3 aromatic carbocycles. The van der Waals surface area contributed by atoms with Gasteiger partial charge in [-0.05, 0) is 69.5 Å². The summed E-state index contributed by atoms with van der Waals surface area (Å²) >= 11 is 0. The highest BCUT2D eigenvalue weighted by Crippen LogP contribution is 2.24. The number of H-pyrrole nitrogens is 1. The standard InChI is InChI=1S/C15H14N2.C12H17N.C3H6.C2H6/c1-2-11-7-3-4-8-12(11)15-16-13-9-5-6-10-14(13)17-15;1-11-4-6-12(7-5-11)10-13-8-2-3-9-13;1-3-2;1-2/h3-10H,2H2,1H3,(H,16,17);4-7H,2-3,8-10H2,1H3;3H,1H2,2H3;1-2H3. The van der Waals surface area contributed by atoms with E-state index in [9.17, 15) is 0 Å². The van der Waals surface area contributed by atoms with Crippen molar-refractivity contribution < 1.29 is 0 Å². The topological polar surface area (TPSA) is 31.9 Å². The van der Waals surface area contributed by atoms with Crippen LogP contribution in [0.25, 0.3) is 22.4 Å². The molecule has 186 valence electrons. The van der Waals surface area contributed by atoms with Crippen molar-refractivity contribution in [1.29, 1.82) is 0 Å². The number of aryl methyl sites for hydroxylation is 2. The molecule has 0 amide bonds. The van der Waals surface area contributed by atoms with Gasteiger partial charge in [0.05, 0.1) is 11.0 Å². The second kappa shape index (κ2) is 15.7. The molecule has 0 bridgehead atoms. The maximum atomic E-state index is 4.64. The number of allylic oxidation sites excluding steroid dienone is 1. The van der Waals surface area contributed by atoms with E-state index in [1.54, 1.807) is 6.08 Å². The van der Waals surface area contributed by atoms with Crippen LogP contribution in [0.3, 0.4) is 0 Å². The molecule has 0 aliphatic carbocycles. The van der Waals surface area contributed by atoms with Crippen molar-refractivity contribution in [1.82, 2.24) is 14.9 Å². The quantitative estimate of drug-likeness (QED) is 0.303. The second-order valence-electron chi connectivity index (χ2n) is 8.49. The van der Waals surface area contributed by atoms with Gasteiger partial charge in [0.15, 0.2) is 0 Å². The van der Waals surface area contributed by atoms with Gasteiger partial charge in [-0.1, -0.05) is 93.1 Å². The van der Waals surface area contributed by atoms with Gasteiger partial charge in [0.1, 0.15) is 5.82 Å². The Bertz CT molecular complexity index is 1090. The second-order valence-corrected chi connectivity index (χ2v) is 8.49. The van der Waals surface area contributed by atoms with E-state index in [4.69, 9.17) is 0 Å². The highest BCUT2D eigenvalue weighted by molar-refractivity contribution is 5.79. The van der Waals surface area contributed by atoms with Crippen LogP contribution in [0.5, 0.6) is 0 Å². The number of fused-ring (bicyclic) bond motifs is 1. The minimum atomic E-state index is 0.962. The lowest BCUT2D eigenvalue weighted by Crippen LogP contribution is -2.18. The van der Waals surface area contributed by atoms with Crippen LogP contribution >= 0.6 is 0 Å². The lowest BCUT2D eigenvalue weighted by atomic mass is 10.1. The Labute approximate surface area is 212 Å². The zero-order chi connectivity index (χ0) is 25.5. The molecule has 1 aliphatic heterocycles. The largest absolute Gasteiger partial charge is 0.338 e. The monoisotopic (exact) mass is 469 g/mol. The Kier molecular flexibility index (Phi) is 12.6. The fourth-order valence-electron chi connectivity index (χ4n) is 4.03. The molecule has 0 unspecified atom stereocenters. The average molecular weight is 470 g/mol. The summed E-state index contributed by atoms with van der Waals surface area (Å²) in [5.74, 6) is 0.962. The van der Waals surface area contributed by atoms with Crippen LogP contribution in [-0.4, -0.2) is 28.0 Å². The first-order valence-electron chi connectivity index (χ1n) is 13.0. The third-order valence-corrected chi connectivity index (χ3v) is 5.77. The van der Waals surface area contributed by atoms with E-state index < -0.39 is 0 Å². The van der Waals surface area contributed by atoms with Crippen LogP contribution in [0.2, 0.25) is 0 Å². The Balaban J connectivity index is 0.000000214. The van der Waals surface area contributed by atoms with Crippen molar-refractivity contribution in [2.24, 2.45) is 0 Å². The van der Waals surface area contributed by atoms with Crippen molar-refractivity contribution in [3.05, 3.63) is 102 Å². The van der Waals surface area contributed by atoms with Crippen LogP contribution in [0.15, 0.2) is 85.5 Å². The Morgan fingerprint density at radius 2 is 1.51 bits per heavy atom. The highest BCUT2D eigenvalue weighted by atomic mass is 15.1. The van der Waals surface area contributed by atoms with Gasteiger partial charge >= 0.3 is 0 Å². The summed E-state index contributed by atoms with van der Waals surface area (Å²) in [6.07, 6.45) is 5.53. The number of rotatable bonds is 4. The number of nitrogens with one attached hydrogen (secondary N) is 1. The van der Waals surface area contributed by atoms with Gasteiger partial charge in [-0.15, -0.1) is 6.58 Å². The fourth-order valence-corrected chi connectivity index (χ4v) is 4.03. The maximum Gasteiger partial charge on any atom is 0.138 e. The molecular weight excluding hydrogens is 426 g/mol. The number of benzene rings is 3. The Hall–Kier alpha value is -3.17. The number of hydrogen-bond donors (Lipinski definition) is 1. The number of imidazole rings is 1. The van der Waals surface area contributed by atoms with Gasteiger partial charge < -0.3 is 4.98 Å². The van der Waals surface area contributed by atoms with E-state index >= 15 is 0 Å². The van der Waals surface area contributed by atoms with Crippen molar-refractivity contribution in [2.75, 3.05) is 13.1 Å². The molecule has 0 spiro atoms. The molecule has 0 saturated carbocycles. The summed E-state index contributed by atoms with van der Waals surface area (Å²) in [6, 6.07) is 25.4. The van der Waals surface area contributed by atoms with Gasteiger partial charge in [-0.2, -0.15) is 0 Å². The highest BCUT2D eigenvalue weighted by Gasteiger charge is 2.11. The summed E-state index contributed by atoms with van der Waals surface area (Å²) in [7, 11) is 0. The first kappa shape index (κ1) is 28.1. The Morgan fingerprint density at radius 3 is 2.14 bits per heavy atom.